The second-order valence-corrected chi connectivity index (χ2v) is 5.35. The van der Waals surface area contributed by atoms with Gasteiger partial charge in [-0.3, -0.25) is 0 Å². The van der Waals surface area contributed by atoms with E-state index in [-0.39, 0.29) is 5.92 Å². The molecule has 100 valence electrons. The zero-order valence-corrected chi connectivity index (χ0v) is 12.4. The highest BCUT2D eigenvalue weighted by Crippen LogP contribution is 2.23. The van der Waals surface area contributed by atoms with Crippen molar-refractivity contribution >= 4 is 0 Å². The molecule has 0 unspecified atom stereocenters. The maximum atomic E-state index is 8.42. The van der Waals surface area contributed by atoms with E-state index in [9.17, 15) is 0 Å². The first kappa shape index (κ1) is 10.2. The van der Waals surface area contributed by atoms with Gasteiger partial charge in [-0.15, -0.1) is 0 Å². The van der Waals surface area contributed by atoms with Gasteiger partial charge in [0.05, 0.1) is 0 Å². The zero-order valence-electron chi connectivity index (χ0n) is 15.4. The molecule has 0 spiro atoms. The van der Waals surface area contributed by atoms with Crippen LogP contribution in [-0.2, 0) is 13.4 Å². The van der Waals surface area contributed by atoms with Gasteiger partial charge in [0.2, 0.25) is 5.69 Å². The average molecular weight is 257 g/mol. The van der Waals surface area contributed by atoms with Crippen molar-refractivity contribution in [3.8, 4) is 11.3 Å². The second-order valence-electron chi connectivity index (χ2n) is 5.35. The summed E-state index contributed by atoms with van der Waals surface area (Å²) in [6, 6.07) is 9.94. The molecule has 0 radical (unpaired) electrons. The first-order valence-electron chi connectivity index (χ1n) is 8.24. The molecule has 1 nitrogen and oxygen atoms in total. The maximum Gasteiger partial charge on any atom is 0.212 e. The monoisotopic (exact) mass is 257 g/mol. The molecule has 0 fully saturated rings. The summed E-state index contributed by atoms with van der Waals surface area (Å²) in [6.45, 7) is 7.63. The molecule has 0 aliphatic carbocycles. The summed E-state index contributed by atoms with van der Waals surface area (Å²) in [6.07, 6.45) is -1.09. The number of rotatable bonds is 3. The van der Waals surface area contributed by atoms with Crippen molar-refractivity contribution in [3.05, 3.63) is 53.2 Å². The van der Waals surface area contributed by atoms with E-state index >= 15 is 0 Å². The molecule has 1 heterocycles. The van der Waals surface area contributed by atoms with Crippen LogP contribution in [0.2, 0.25) is 0 Å². The zero-order chi connectivity index (χ0) is 16.7. The molecule has 1 heteroatoms. The van der Waals surface area contributed by atoms with E-state index in [4.69, 9.17) is 4.11 Å². The molecule has 0 amide bonds. The topological polar surface area (TPSA) is 3.88 Å². The smallest absolute Gasteiger partial charge is 0.201 e. The Morgan fingerprint density at radius 3 is 2.53 bits per heavy atom. The molecule has 0 atom stereocenters. The number of aryl methyl sites for hydroxylation is 1. The third-order valence-electron chi connectivity index (χ3n) is 3.25. The van der Waals surface area contributed by atoms with E-state index < -0.39 is 6.37 Å². The molecule has 0 saturated heterocycles. The fraction of sp³-hybridized carbons (Fsp3) is 0.389. The van der Waals surface area contributed by atoms with Crippen LogP contribution in [0.3, 0.4) is 0 Å². The van der Waals surface area contributed by atoms with Crippen LogP contribution in [0.4, 0.5) is 0 Å². The van der Waals surface area contributed by atoms with Gasteiger partial charge in [-0.05, 0) is 43.3 Å². The van der Waals surface area contributed by atoms with Crippen molar-refractivity contribution in [2.24, 2.45) is 13.0 Å². The lowest BCUT2D eigenvalue weighted by atomic mass is 9.96. The molecule has 0 bridgehead atoms. The van der Waals surface area contributed by atoms with E-state index in [1.807, 2.05) is 69.6 Å². The summed E-state index contributed by atoms with van der Waals surface area (Å²) in [7, 11) is 1.87. The highest BCUT2D eigenvalue weighted by Gasteiger charge is 2.15. The van der Waals surface area contributed by atoms with E-state index in [2.05, 4.69) is 0 Å². The summed E-state index contributed by atoms with van der Waals surface area (Å²) in [5, 5.41) is 0. The number of aromatic nitrogens is 1. The molecule has 0 N–H and O–H groups in total. The number of benzene rings is 1. The Balaban J connectivity index is 2.78. The first-order valence-corrected chi connectivity index (χ1v) is 6.74. The highest BCUT2D eigenvalue weighted by atomic mass is 14.9. The van der Waals surface area contributed by atoms with E-state index in [1.54, 1.807) is 0 Å². The van der Waals surface area contributed by atoms with Crippen LogP contribution in [0, 0.1) is 19.8 Å². The third-order valence-corrected chi connectivity index (χ3v) is 3.25. The van der Waals surface area contributed by atoms with Crippen molar-refractivity contribution < 1.29 is 8.68 Å². The normalized spacial score (nSPS) is 14.1. The van der Waals surface area contributed by atoms with Crippen molar-refractivity contribution in [3.63, 3.8) is 0 Å². The summed E-state index contributed by atoms with van der Waals surface area (Å²) in [4.78, 5) is 0. The second kappa shape index (κ2) is 5.56. The van der Waals surface area contributed by atoms with Crippen molar-refractivity contribution in [1.29, 1.82) is 0 Å². The van der Waals surface area contributed by atoms with Crippen LogP contribution in [0.5, 0.6) is 0 Å². The Labute approximate surface area is 121 Å². The van der Waals surface area contributed by atoms with Crippen LogP contribution >= 0.6 is 0 Å². The fourth-order valence-corrected chi connectivity index (χ4v) is 2.29. The molecule has 1 aromatic carbocycles. The number of hydrogen-bond acceptors (Lipinski definition) is 0. The molecule has 1 aromatic heterocycles. The van der Waals surface area contributed by atoms with Gasteiger partial charge in [-0.25, -0.2) is 4.57 Å². The summed E-state index contributed by atoms with van der Waals surface area (Å²) >= 11 is 0. The van der Waals surface area contributed by atoms with E-state index in [0.717, 1.165) is 16.8 Å². The SMILES string of the molecule is [2H]c1c(C)c(C([2H])([2H])C(C)C)cc(-c2ccccc2C)[n+]1C. The van der Waals surface area contributed by atoms with Crippen LogP contribution in [0.1, 0.15) is 34.7 Å². The molecule has 0 aliphatic heterocycles. The lowest BCUT2D eigenvalue weighted by Gasteiger charge is -2.11. The van der Waals surface area contributed by atoms with Crippen LogP contribution < -0.4 is 4.57 Å². The fourth-order valence-electron chi connectivity index (χ4n) is 2.29. The van der Waals surface area contributed by atoms with Gasteiger partial charge in [0.25, 0.3) is 0 Å². The van der Waals surface area contributed by atoms with Gasteiger partial charge in [0, 0.05) is 19.9 Å². The van der Waals surface area contributed by atoms with Gasteiger partial charge in [-0.2, -0.15) is 0 Å². The van der Waals surface area contributed by atoms with E-state index in [1.165, 1.54) is 0 Å². The van der Waals surface area contributed by atoms with Crippen molar-refractivity contribution in [2.75, 3.05) is 0 Å². The van der Waals surface area contributed by atoms with E-state index in [0.29, 0.717) is 17.3 Å². The molecule has 2 aromatic rings. The molecule has 19 heavy (non-hydrogen) atoms. The first-order chi connectivity index (χ1) is 10.2. The Morgan fingerprint density at radius 2 is 1.89 bits per heavy atom. The summed E-state index contributed by atoms with van der Waals surface area (Å²) in [5.74, 6) is -0.150. The van der Waals surface area contributed by atoms with Gasteiger partial charge in [0.15, 0.2) is 6.17 Å². The van der Waals surface area contributed by atoms with Crippen LogP contribution in [0.25, 0.3) is 11.3 Å². The predicted octanol–water partition coefficient (Wildman–Crippen LogP) is 3.99. The lowest BCUT2D eigenvalue weighted by Crippen LogP contribution is -2.32. The van der Waals surface area contributed by atoms with Gasteiger partial charge < -0.3 is 0 Å². The molecular weight excluding hydrogens is 230 g/mol. The molecule has 2 rings (SSSR count). The van der Waals surface area contributed by atoms with Crippen LogP contribution in [0.15, 0.2) is 36.5 Å². The quantitative estimate of drug-likeness (QED) is 0.732. The minimum atomic E-state index is -1.45. The Morgan fingerprint density at radius 1 is 1.21 bits per heavy atom. The van der Waals surface area contributed by atoms with Gasteiger partial charge in [-0.1, -0.05) is 32.0 Å². The Hall–Kier alpha value is -1.63. The predicted molar refractivity (Wildman–Crippen MR) is 81.1 cm³/mol. The standard InChI is InChI=1S/C18H24N/c1-13(2)10-16-11-18(19(5)12-15(16)4)17-9-7-6-8-14(17)3/h6-9,11-13H,10H2,1-5H3/q+1/i10D2,12D. The van der Waals surface area contributed by atoms with Crippen LogP contribution in [-0.4, -0.2) is 0 Å². The lowest BCUT2D eigenvalue weighted by molar-refractivity contribution is -0.660. The molecule has 0 aliphatic rings. The number of hydrogen-bond donors (Lipinski definition) is 0. The van der Waals surface area contributed by atoms with Crippen molar-refractivity contribution in [2.45, 2.75) is 34.1 Å². The third kappa shape index (κ3) is 3.04. The number of nitrogens with zero attached hydrogens (tertiary/aromatic N) is 1. The average Bonchev–Trinajstić information content (AvgIpc) is 2.46. The summed E-state index contributed by atoms with van der Waals surface area (Å²) in [5.41, 5.74) is 4.37. The minimum absolute atomic E-state index is 0.150. The van der Waals surface area contributed by atoms with Gasteiger partial charge >= 0.3 is 0 Å². The summed E-state index contributed by atoms with van der Waals surface area (Å²) < 4.78 is 27.0. The largest absolute Gasteiger partial charge is 0.212 e. The Bertz CT molecular complexity index is 706. The van der Waals surface area contributed by atoms with Gasteiger partial charge in [0.1, 0.15) is 8.42 Å². The maximum absolute atomic E-state index is 8.42. The minimum Gasteiger partial charge on any atom is -0.201 e. The molecular formula is C18H24N+. The Kier molecular flexibility index (Phi) is 2.98. The number of pyridine rings is 1. The highest BCUT2D eigenvalue weighted by molar-refractivity contribution is 5.61. The molecule has 0 saturated carbocycles. The van der Waals surface area contributed by atoms with Crippen molar-refractivity contribution in [1.82, 2.24) is 0 Å².